The predicted molar refractivity (Wildman–Crippen MR) is 85.2 cm³/mol. The van der Waals surface area contributed by atoms with Gasteiger partial charge in [0.05, 0.1) is 0 Å². The van der Waals surface area contributed by atoms with Crippen LogP contribution in [0, 0.1) is 0 Å². The molecule has 5 heteroatoms. The molecule has 0 atom stereocenters. The van der Waals surface area contributed by atoms with Gasteiger partial charge in [-0.2, -0.15) is 0 Å². The quantitative estimate of drug-likeness (QED) is 0.259. The lowest BCUT2D eigenvalue weighted by atomic mass is 10.2. The van der Waals surface area contributed by atoms with Crippen molar-refractivity contribution in [1.29, 1.82) is 0 Å². The molecule has 0 aromatic heterocycles. The average Bonchev–Trinajstić information content (AvgIpc) is 2.75. The standard InChI is InChI=1S/C12H24N4.HI/c1-13-12(14-9-6-10-16(2)3)15-11-7-4-5-8-11;/h4-5,11H,6-10H2,1-3H3,(H2,13,14,15);1H. The molecule has 1 rings (SSSR count). The molecule has 0 radical (unpaired) electrons. The molecule has 0 bridgehead atoms. The van der Waals surface area contributed by atoms with Crippen LogP contribution in [0.2, 0.25) is 0 Å². The zero-order chi connectivity index (χ0) is 11.8. The van der Waals surface area contributed by atoms with Gasteiger partial charge in [0.1, 0.15) is 0 Å². The van der Waals surface area contributed by atoms with E-state index in [4.69, 9.17) is 0 Å². The van der Waals surface area contributed by atoms with Crippen LogP contribution in [0.5, 0.6) is 0 Å². The fourth-order valence-corrected chi connectivity index (χ4v) is 1.73. The third-order valence-corrected chi connectivity index (χ3v) is 2.65. The van der Waals surface area contributed by atoms with Crippen molar-refractivity contribution in [3.05, 3.63) is 12.2 Å². The summed E-state index contributed by atoms with van der Waals surface area (Å²) in [5.74, 6) is 0.924. The molecule has 0 aromatic rings. The number of aliphatic imine (C=N–C) groups is 1. The van der Waals surface area contributed by atoms with Crippen molar-refractivity contribution >= 4 is 29.9 Å². The molecule has 1 aliphatic carbocycles. The van der Waals surface area contributed by atoms with Gasteiger partial charge >= 0.3 is 0 Å². The van der Waals surface area contributed by atoms with Crippen molar-refractivity contribution in [2.45, 2.75) is 25.3 Å². The Hall–Kier alpha value is -0.300. The molecule has 0 saturated heterocycles. The Morgan fingerprint density at radius 1 is 1.35 bits per heavy atom. The highest BCUT2D eigenvalue weighted by atomic mass is 127. The van der Waals surface area contributed by atoms with Crippen LogP contribution in [-0.2, 0) is 0 Å². The molecule has 1 aliphatic rings. The van der Waals surface area contributed by atoms with Gasteiger partial charge in [-0.25, -0.2) is 0 Å². The van der Waals surface area contributed by atoms with Crippen LogP contribution in [0.25, 0.3) is 0 Å². The van der Waals surface area contributed by atoms with E-state index < -0.39 is 0 Å². The van der Waals surface area contributed by atoms with E-state index >= 15 is 0 Å². The lowest BCUT2D eigenvalue weighted by Crippen LogP contribution is -2.43. The topological polar surface area (TPSA) is 39.7 Å². The summed E-state index contributed by atoms with van der Waals surface area (Å²) in [6.07, 6.45) is 7.79. The first-order valence-corrected chi connectivity index (χ1v) is 5.99. The zero-order valence-corrected chi connectivity index (χ0v) is 13.4. The van der Waals surface area contributed by atoms with Crippen LogP contribution >= 0.6 is 24.0 Å². The van der Waals surface area contributed by atoms with E-state index in [1.165, 1.54) is 0 Å². The summed E-state index contributed by atoms with van der Waals surface area (Å²) in [5, 5.41) is 6.75. The second-order valence-electron chi connectivity index (χ2n) is 4.44. The van der Waals surface area contributed by atoms with E-state index in [1.807, 2.05) is 7.05 Å². The second kappa shape index (κ2) is 9.70. The third kappa shape index (κ3) is 7.59. The van der Waals surface area contributed by atoms with Gasteiger partial charge in [0.2, 0.25) is 0 Å². The Labute approximate surface area is 122 Å². The predicted octanol–water partition coefficient (Wildman–Crippen LogP) is 1.44. The third-order valence-electron chi connectivity index (χ3n) is 2.65. The highest BCUT2D eigenvalue weighted by Crippen LogP contribution is 2.08. The average molecular weight is 352 g/mol. The first-order chi connectivity index (χ1) is 7.72. The van der Waals surface area contributed by atoms with Crippen molar-refractivity contribution in [1.82, 2.24) is 15.5 Å². The highest BCUT2D eigenvalue weighted by molar-refractivity contribution is 14.0. The van der Waals surface area contributed by atoms with E-state index in [0.29, 0.717) is 6.04 Å². The number of nitrogens with one attached hydrogen (secondary N) is 2. The molecule has 0 fully saturated rings. The normalized spacial score (nSPS) is 16.1. The lowest BCUT2D eigenvalue weighted by Gasteiger charge is -2.17. The zero-order valence-electron chi connectivity index (χ0n) is 11.1. The number of hydrogen-bond donors (Lipinski definition) is 2. The van der Waals surface area contributed by atoms with Gasteiger partial charge in [0.25, 0.3) is 0 Å². The first-order valence-electron chi connectivity index (χ1n) is 5.99. The molecule has 0 amide bonds. The van der Waals surface area contributed by atoms with Gasteiger partial charge in [0.15, 0.2) is 5.96 Å². The van der Waals surface area contributed by atoms with E-state index in [-0.39, 0.29) is 24.0 Å². The van der Waals surface area contributed by atoms with Crippen molar-refractivity contribution in [2.24, 2.45) is 4.99 Å². The van der Waals surface area contributed by atoms with Gasteiger partial charge in [-0.3, -0.25) is 4.99 Å². The Bertz CT molecular complexity index is 243. The molecule has 0 spiro atoms. The van der Waals surface area contributed by atoms with Gasteiger partial charge in [-0.1, -0.05) is 12.2 Å². The molecular weight excluding hydrogens is 327 g/mol. The molecule has 0 heterocycles. The van der Waals surface area contributed by atoms with E-state index in [0.717, 1.165) is 38.3 Å². The molecule has 0 aliphatic heterocycles. The van der Waals surface area contributed by atoms with Crippen LogP contribution in [0.3, 0.4) is 0 Å². The summed E-state index contributed by atoms with van der Waals surface area (Å²) in [6.45, 7) is 2.08. The van der Waals surface area contributed by atoms with Crippen LogP contribution in [-0.4, -0.2) is 51.1 Å². The Balaban J connectivity index is 0.00000256. The van der Waals surface area contributed by atoms with E-state index in [2.05, 4.69) is 46.8 Å². The molecule has 4 nitrogen and oxygen atoms in total. The van der Waals surface area contributed by atoms with Crippen molar-refractivity contribution in [3.63, 3.8) is 0 Å². The van der Waals surface area contributed by atoms with Crippen molar-refractivity contribution < 1.29 is 0 Å². The summed E-state index contributed by atoms with van der Waals surface area (Å²) in [6, 6.07) is 0.528. The minimum absolute atomic E-state index is 0. The number of hydrogen-bond acceptors (Lipinski definition) is 2. The van der Waals surface area contributed by atoms with Gasteiger partial charge in [-0.05, 0) is 39.9 Å². The maximum absolute atomic E-state index is 4.22. The van der Waals surface area contributed by atoms with Crippen LogP contribution in [0.4, 0.5) is 0 Å². The molecule has 0 aromatic carbocycles. The smallest absolute Gasteiger partial charge is 0.191 e. The van der Waals surface area contributed by atoms with Crippen molar-refractivity contribution in [2.75, 3.05) is 34.2 Å². The monoisotopic (exact) mass is 352 g/mol. The Morgan fingerprint density at radius 2 is 2.00 bits per heavy atom. The molecule has 0 unspecified atom stereocenters. The van der Waals surface area contributed by atoms with Gasteiger partial charge < -0.3 is 15.5 Å². The molecular formula is C12H25IN4. The van der Waals surface area contributed by atoms with E-state index in [1.54, 1.807) is 0 Å². The number of nitrogens with zero attached hydrogens (tertiary/aromatic N) is 2. The highest BCUT2D eigenvalue weighted by Gasteiger charge is 2.10. The minimum atomic E-state index is 0. The number of halogens is 1. The van der Waals surface area contributed by atoms with E-state index in [9.17, 15) is 0 Å². The maximum Gasteiger partial charge on any atom is 0.191 e. The van der Waals surface area contributed by atoms with Crippen LogP contribution in [0.15, 0.2) is 17.1 Å². The Kier molecular flexibility index (Phi) is 9.53. The van der Waals surface area contributed by atoms with Crippen LogP contribution in [0.1, 0.15) is 19.3 Å². The Morgan fingerprint density at radius 3 is 2.53 bits per heavy atom. The number of guanidine groups is 1. The minimum Gasteiger partial charge on any atom is -0.356 e. The summed E-state index contributed by atoms with van der Waals surface area (Å²) < 4.78 is 0. The van der Waals surface area contributed by atoms with Gasteiger partial charge in [0, 0.05) is 19.6 Å². The van der Waals surface area contributed by atoms with Crippen LogP contribution < -0.4 is 10.6 Å². The molecule has 2 N–H and O–H groups in total. The molecule has 17 heavy (non-hydrogen) atoms. The largest absolute Gasteiger partial charge is 0.356 e. The fraction of sp³-hybridized carbons (Fsp3) is 0.750. The summed E-state index contributed by atoms with van der Waals surface area (Å²) >= 11 is 0. The maximum atomic E-state index is 4.22. The molecule has 100 valence electrons. The molecule has 0 saturated carbocycles. The summed E-state index contributed by atoms with van der Waals surface area (Å²) in [7, 11) is 6.01. The number of rotatable bonds is 5. The fourth-order valence-electron chi connectivity index (χ4n) is 1.73. The first kappa shape index (κ1) is 16.7. The second-order valence-corrected chi connectivity index (χ2v) is 4.44. The SMILES string of the molecule is CN=C(NCCCN(C)C)NC1CC=CC1.I. The summed E-state index contributed by atoms with van der Waals surface area (Å²) in [5.41, 5.74) is 0. The lowest BCUT2D eigenvalue weighted by molar-refractivity contribution is 0.399. The van der Waals surface area contributed by atoms with Gasteiger partial charge in [-0.15, -0.1) is 24.0 Å². The summed E-state index contributed by atoms with van der Waals surface area (Å²) in [4.78, 5) is 6.41. The van der Waals surface area contributed by atoms with Crippen molar-refractivity contribution in [3.8, 4) is 0 Å².